The molecule has 0 unspecified atom stereocenters. The molecule has 3 rings (SSSR count). The van der Waals surface area contributed by atoms with Crippen LogP contribution in [-0.2, 0) is 9.59 Å². The second-order valence-electron chi connectivity index (χ2n) is 9.77. The molecule has 1 aromatic rings. The molecule has 5 N–H and O–H groups in total. The van der Waals surface area contributed by atoms with E-state index < -0.39 is 0 Å². The van der Waals surface area contributed by atoms with E-state index in [0.717, 1.165) is 50.8 Å². The third kappa shape index (κ3) is 6.75. The van der Waals surface area contributed by atoms with Crippen molar-refractivity contribution in [1.29, 1.82) is 0 Å². The first kappa shape index (κ1) is 27.5. The Balaban J connectivity index is 1.79. The van der Waals surface area contributed by atoms with Gasteiger partial charge in [-0.1, -0.05) is 44.1 Å². The van der Waals surface area contributed by atoms with Gasteiger partial charge < -0.3 is 26.6 Å². The molecule has 196 valence electrons. The molecule has 1 aromatic carbocycles. The van der Waals surface area contributed by atoms with Crippen LogP contribution in [0.3, 0.4) is 0 Å². The number of aliphatic imine (C=N–C) groups is 1. The lowest BCUT2D eigenvalue weighted by Crippen LogP contribution is -2.52. The number of likely N-dealkylation sites (tertiary alicyclic amines) is 1. The Morgan fingerprint density at radius 1 is 1.17 bits per heavy atom. The fraction of sp³-hybridized carbons (Fsp3) is 0.536. The van der Waals surface area contributed by atoms with Crippen LogP contribution in [0.5, 0.6) is 0 Å². The number of nitrogens with zero attached hydrogens (tertiary/aromatic N) is 2. The summed E-state index contributed by atoms with van der Waals surface area (Å²) in [4.78, 5) is 32.7. The number of rotatable bonds is 10. The van der Waals surface area contributed by atoms with Gasteiger partial charge in [0.05, 0.1) is 17.8 Å². The Labute approximate surface area is 215 Å². The standard InChI is InChI=1S/C28H42N6O2/c1-5-17-31-26(29)22-14-9-10-15-23(22)32-28(36)24-16-11-18-34(24)20(3)25(21-12-7-6-8-13-21)33-27(35)19(2)30-4/h5,9-10,14-15,17,19,21,24-25,30H,3,6-8,11-13,16,18H2,1-2,4H3,(H2,29,31)(H,32,36)(H,33,35)/b17-5-/t19-,24-,25+/m0/s1. The number of allylic oxidation sites excluding steroid dienone is 1. The average Bonchev–Trinajstić information content (AvgIpc) is 3.40. The summed E-state index contributed by atoms with van der Waals surface area (Å²) in [5.74, 6) is 0.527. The first-order chi connectivity index (χ1) is 17.4. The molecular formula is C28H42N6O2. The number of hydrogen-bond acceptors (Lipinski definition) is 5. The largest absolute Gasteiger partial charge is 0.383 e. The van der Waals surface area contributed by atoms with Gasteiger partial charge in [0.25, 0.3) is 0 Å². The van der Waals surface area contributed by atoms with Crippen LogP contribution in [0.4, 0.5) is 5.69 Å². The minimum Gasteiger partial charge on any atom is -0.383 e. The number of benzene rings is 1. The lowest BCUT2D eigenvalue weighted by molar-refractivity contribution is -0.123. The molecule has 8 nitrogen and oxygen atoms in total. The molecule has 1 saturated heterocycles. The summed E-state index contributed by atoms with van der Waals surface area (Å²) in [6.07, 6.45) is 10.7. The lowest BCUT2D eigenvalue weighted by Gasteiger charge is -2.38. The Kier molecular flexibility index (Phi) is 10.1. The molecule has 0 radical (unpaired) electrons. The molecule has 8 heteroatoms. The first-order valence-corrected chi connectivity index (χ1v) is 13.1. The third-order valence-electron chi connectivity index (χ3n) is 7.35. The van der Waals surface area contributed by atoms with Crippen LogP contribution in [0.1, 0.15) is 64.4 Å². The van der Waals surface area contributed by atoms with Crippen LogP contribution >= 0.6 is 0 Å². The summed E-state index contributed by atoms with van der Waals surface area (Å²) in [6, 6.07) is 6.58. The predicted molar refractivity (Wildman–Crippen MR) is 147 cm³/mol. The van der Waals surface area contributed by atoms with E-state index in [1.54, 1.807) is 19.3 Å². The fourth-order valence-electron chi connectivity index (χ4n) is 5.17. The summed E-state index contributed by atoms with van der Waals surface area (Å²) in [6.45, 7) is 8.90. The smallest absolute Gasteiger partial charge is 0.247 e. The predicted octanol–water partition coefficient (Wildman–Crippen LogP) is 3.52. The normalized spacial score (nSPS) is 20.8. The second-order valence-corrected chi connectivity index (χ2v) is 9.77. The van der Waals surface area contributed by atoms with E-state index in [-0.39, 0.29) is 29.9 Å². The maximum Gasteiger partial charge on any atom is 0.247 e. The summed E-state index contributed by atoms with van der Waals surface area (Å²) in [5, 5.41) is 9.35. The van der Waals surface area contributed by atoms with Gasteiger partial charge in [-0.2, -0.15) is 0 Å². The van der Waals surface area contributed by atoms with Gasteiger partial charge in [0, 0.05) is 24.0 Å². The monoisotopic (exact) mass is 494 g/mol. The zero-order chi connectivity index (χ0) is 26.1. The number of nitrogens with two attached hydrogens (primary N) is 1. The summed E-state index contributed by atoms with van der Waals surface area (Å²) in [5.41, 5.74) is 8.31. The van der Waals surface area contributed by atoms with Crippen LogP contribution < -0.4 is 21.7 Å². The highest BCUT2D eigenvalue weighted by Gasteiger charge is 2.37. The summed E-state index contributed by atoms with van der Waals surface area (Å²) < 4.78 is 0. The number of amides is 2. The lowest BCUT2D eigenvalue weighted by atomic mass is 9.82. The van der Waals surface area contributed by atoms with E-state index in [9.17, 15) is 9.59 Å². The average molecular weight is 495 g/mol. The Morgan fingerprint density at radius 3 is 2.58 bits per heavy atom. The molecule has 0 bridgehead atoms. The van der Waals surface area contributed by atoms with Crippen molar-refractivity contribution in [3.8, 4) is 0 Å². The van der Waals surface area contributed by atoms with Gasteiger partial charge in [0.2, 0.25) is 11.8 Å². The van der Waals surface area contributed by atoms with Crippen molar-refractivity contribution in [3.05, 3.63) is 54.4 Å². The fourth-order valence-corrected chi connectivity index (χ4v) is 5.17. The Morgan fingerprint density at radius 2 is 1.89 bits per heavy atom. The van der Waals surface area contributed by atoms with Crippen molar-refractivity contribution in [2.75, 3.05) is 18.9 Å². The number of hydrogen-bond donors (Lipinski definition) is 4. The van der Waals surface area contributed by atoms with Gasteiger partial charge in [-0.15, -0.1) is 0 Å². The molecule has 1 aliphatic carbocycles. The third-order valence-corrected chi connectivity index (χ3v) is 7.35. The van der Waals surface area contributed by atoms with Gasteiger partial charge in [-0.3, -0.25) is 9.59 Å². The molecule has 1 saturated carbocycles. The number of amidine groups is 1. The van der Waals surface area contributed by atoms with E-state index in [0.29, 0.717) is 23.0 Å². The molecule has 3 atom stereocenters. The highest BCUT2D eigenvalue weighted by atomic mass is 16.2. The summed E-state index contributed by atoms with van der Waals surface area (Å²) >= 11 is 0. The van der Waals surface area contributed by atoms with Crippen LogP contribution in [0.2, 0.25) is 0 Å². The number of para-hydroxylation sites is 1. The maximum absolute atomic E-state index is 13.5. The summed E-state index contributed by atoms with van der Waals surface area (Å²) in [7, 11) is 1.78. The zero-order valence-electron chi connectivity index (χ0n) is 21.9. The Hall–Kier alpha value is -3.13. The van der Waals surface area contributed by atoms with Crippen LogP contribution in [0.15, 0.2) is 53.8 Å². The van der Waals surface area contributed by atoms with Crippen molar-refractivity contribution in [1.82, 2.24) is 15.5 Å². The van der Waals surface area contributed by atoms with Crippen LogP contribution in [0.25, 0.3) is 0 Å². The van der Waals surface area contributed by atoms with Gasteiger partial charge in [-0.25, -0.2) is 4.99 Å². The highest BCUT2D eigenvalue weighted by Crippen LogP contribution is 2.33. The minimum absolute atomic E-state index is 0.0424. The Bertz CT molecular complexity index is 982. The van der Waals surface area contributed by atoms with E-state index in [2.05, 4.69) is 32.4 Å². The molecule has 1 aliphatic heterocycles. The maximum atomic E-state index is 13.5. The van der Waals surface area contributed by atoms with Crippen molar-refractivity contribution in [2.24, 2.45) is 16.6 Å². The number of carbonyl (C=O) groups is 2. The van der Waals surface area contributed by atoms with Gasteiger partial charge in [-0.05, 0) is 64.6 Å². The second kappa shape index (κ2) is 13.3. The molecule has 0 aromatic heterocycles. The van der Waals surface area contributed by atoms with Crippen molar-refractivity contribution >= 4 is 23.3 Å². The van der Waals surface area contributed by atoms with Gasteiger partial charge >= 0.3 is 0 Å². The molecule has 1 heterocycles. The zero-order valence-corrected chi connectivity index (χ0v) is 21.9. The van der Waals surface area contributed by atoms with E-state index in [4.69, 9.17) is 5.73 Å². The van der Waals surface area contributed by atoms with Crippen molar-refractivity contribution in [3.63, 3.8) is 0 Å². The molecular weight excluding hydrogens is 452 g/mol. The number of likely N-dealkylation sites (N-methyl/N-ethyl adjacent to an activating group) is 1. The van der Waals surface area contributed by atoms with E-state index >= 15 is 0 Å². The van der Waals surface area contributed by atoms with E-state index in [1.165, 1.54) is 6.42 Å². The van der Waals surface area contributed by atoms with Gasteiger partial charge in [0.15, 0.2) is 0 Å². The molecule has 36 heavy (non-hydrogen) atoms. The van der Waals surface area contributed by atoms with Crippen molar-refractivity contribution in [2.45, 2.75) is 76.9 Å². The molecule has 2 aliphatic rings. The van der Waals surface area contributed by atoms with E-state index in [1.807, 2.05) is 38.1 Å². The number of anilines is 1. The van der Waals surface area contributed by atoms with Gasteiger partial charge in [0.1, 0.15) is 11.9 Å². The van der Waals surface area contributed by atoms with Crippen LogP contribution in [0, 0.1) is 5.92 Å². The number of nitrogens with one attached hydrogen (secondary N) is 3. The quantitative estimate of drug-likeness (QED) is 0.294. The molecule has 0 spiro atoms. The SMILES string of the molecule is C=C([C@@H](NC(=O)[C@H](C)NC)C1CCCCC1)N1CCC[C@H]1C(=O)Nc1ccccc1/C(N)=N/C=C\C. The first-order valence-electron chi connectivity index (χ1n) is 13.1. The van der Waals surface area contributed by atoms with Crippen molar-refractivity contribution < 1.29 is 9.59 Å². The minimum atomic E-state index is -0.357. The molecule has 2 fully saturated rings. The highest BCUT2D eigenvalue weighted by molar-refractivity contribution is 6.06. The van der Waals surface area contributed by atoms with Crippen LogP contribution in [-0.4, -0.2) is 54.3 Å². The molecule has 2 amide bonds. The number of carbonyl (C=O) groups excluding carboxylic acids is 2. The topological polar surface area (TPSA) is 112 Å².